The van der Waals surface area contributed by atoms with E-state index in [9.17, 15) is 9.18 Å². The average Bonchev–Trinajstić information content (AvgIpc) is 2.71. The van der Waals surface area contributed by atoms with Crippen molar-refractivity contribution >= 4 is 35.8 Å². The molecule has 2 rings (SSSR count). The number of methoxy groups -OCH3 is 1. The van der Waals surface area contributed by atoms with Gasteiger partial charge in [0.05, 0.1) is 20.1 Å². The fourth-order valence-electron chi connectivity index (χ4n) is 2.57. The Balaban J connectivity index is 0.00000420. The summed E-state index contributed by atoms with van der Waals surface area (Å²) in [5.41, 5.74) is 1.77. The predicted molar refractivity (Wildman–Crippen MR) is 124 cm³/mol. The monoisotopic (exact) mass is 514 g/mol. The molecule has 3 N–H and O–H groups in total. The van der Waals surface area contributed by atoms with Crippen molar-refractivity contribution in [3.8, 4) is 5.75 Å². The molecule has 0 saturated heterocycles. The zero-order chi connectivity index (χ0) is 20.2. The fraction of sp³-hybridized carbons (Fsp3) is 0.333. The topological polar surface area (TPSA) is 74.8 Å². The van der Waals surface area contributed by atoms with Crippen molar-refractivity contribution in [3.05, 3.63) is 65.5 Å². The Morgan fingerprint density at radius 1 is 1.03 bits per heavy atom. The number of carbonyl (C=O) groups is 1. The van der Waals surface area contributed by atoms with Gasteiger partial charge in [0, 0.05) is 25.2 Å². The number of aliphatic imine (C=N–C) groups is 1. The molecule has 0 radical (unpaired) electrons. The summed E-state index contributed by atoms with van der Waals surface area (Å²) in [6, 6.07) is 13.7. The molecular weight excluding hydrogens is 486 g/mol. The van der Waals surface area contributed by atoms with Gasteiger partial charge in [0.15, 0.2) is 5.96 Å². The lowest BCUT2D eigenvalue weighted by Gasteiger charge is -2.12. The molecule has 0 aliphatic carbocycles. The summed E-state index contributed by atoms with van der Waals surface area (Å²) in [7, 11) is 1.64. The molecule has 2 aromatic rings. The molecule has 0 aliphatic rings. The van der Waals surface area contributed by atoms with E-state index in [1.54, 1.807) is 19.2 Å². The molecule has 0 atom stereocenters. The van der Waals surface area contributed by atoms with Gasteiger partial charge in [-0.3, -0.25) is 4.79 Å². The quantitative estimate of drug-likeness (QED) is 0.208. The van der Waals surface area contributed by atoms with Crippen LogP contribution in [0.2, 0.25) is 0 Å². The summed E-state index contributed by atoms with van der Waals surface area (Å²) in [6.07, 6.45) is 0.224. The van der Waals surface area contributed by atoms with E-state index in [0.717, 1.165) is 23.4 Å². The number of nitrogens with one attached hydrogen (secondary N) is 3. The summed E-state index contributed by atoms with van der Waals surface area (Å²) in [5, 5.41) is 9.20. The van der Waals surface area contributed by atoms with E-state index in [1.807, 2.05) is 31.2 Å². The van der Waals surface area contributed by atoms with E-state index in [2.05, 4.69) is 20.9 Å². The number of hydrogen-bond donors (Lipinski definition) is 3. The number of halogens is 2. The Morgan fingerprint density at radius 3 is 2.41 bits per heavy atom. The minimum absolute atomic E-state index is 0. The maximum atomic E-state index is 12.9. The summed E-state index contributed by atoms with van der Waals surface area (Å²) in [4.78, 5) is 16.5. The van der Waals surface area contributed by atoms with Gasteiger partial charge in [-0.2, -0.15) is 0 Å². The van der Waals surface area contributed by atoms with Crippen LogP contribution in [0.5, 0.6) is 5.75 Å². The molecule has 0 saturated carbocycles. The number of amides is 1. The van der Waals surface area contributed by atoms with E-state index in [1.165, 1.54) is 12.1 Å². The van der Waals surface area contributed by atoms with Crippen LogP contribution < -0.4 is 20.7 Å². The molecule has 158 valence electrons. The first kappa shape index (κ1) is 24.7. The zero-order valence-electron chi connectivity index (χ0n) is 16.7. The Hall–Kier alpha value is -2.36. The van der Waals surface area contributed by atoms with Crippen molar-refractivity contribution in [2.75, 3.05) is 26.7 Å². The van der Waals surface area contributed by atoms with Gasteiger partial charge >= 0.3 is 0 Å². The third-order valence-electron chi connectivity index (χ3n) is 3.96. The Morgan fingerprint density at radius 2 is 1.72 bits per heavy atom. The van der Waals surface area contributed by atoms with Crippen molar-refractivity contribution in [2.24, 2.45) is 4.99 Å². The molecule has 0 spiro atoms. The number of guanidine groups is 1. The number of hydrogen-bond acceptors (Lipinski definition) is 3. The number of para-hydroxylation sites is 1. The molecule has 2 aromatic carbocycles. The molecule has 0 unspecified atom stereocenters. The smallest absolute Gasteiger partial charge is 0.224 e. The standard InChI is InChI=1S/C21H27FN4O2.HI/c1-3-23-21(26-15-17-6-4-5-7-19(17)28-2)25-13-12-24-20(27)14-16-8-10-18(22)11-9-16;/h4-11H,3,12-15H2,1-2H3,(H,24,27)(H2,23,25,26);1H. The Kier molecular flexibility index (Phi) is 11.7. The molecule has 0 bridgehead atoms. The first-order chi connectivity index (χ1) is 13.6. The molecule has 29 heavy (non-hydrogen) atoms. The van der Waals surface area contributed by atoms with Crippen LogP contribution in [0.3, 0.4) is 0 Å². The molecule has 6 nitrogen and oxygen atoms in total. The Bertz CT molecular complexity index is 785. The molecule has 8 heteroatoms. The van der Waals surface area contributed by atoms with Crippen LogP contribution in [-0.2, 0) is 17.8 Å². The predicted octanol–water partition coefficient (Wildman–Crippen LogP) is 2.87. The second-order valence-corrected chi connectivity index (χ2v) is 6.09. The van der Waals surface area contributed by atoms with Gasteiger partial charge in [-0.05, 0) is 30.7 Å². The number of carbonyl (C=O) groups excluding carboxylic acids is 1. The highest BCUT2D eigenvalue weighted by Gasteiger charge is 2.04. The number of nitrogens with zero attached hydrogens (tertiary/aromatic N) is 1. The van der Waals surface area contributed by atoms with Crippen molar-refractivity contribution in [2.45, 2.75) is 19.9 Å². The van der Waals surface area contributed by atoms with Gasteiger partial charge in [-0.25, -0.2) is 9.38 Å². The molecule has 1 amide bonds. The van der Waals surface area contributed by atoms with Gasteiger partial charge in [0.25, 0.3) is 0 Å². The maximum Gasteiger partial charge on any atom is 0.224 e. The first-order valence-corrected chi connectivity index (χ1v) is 9.27. The van der Waals surface area contributed by atoms with Crippen molar-refractivity contribution in [1.82, 2.24) is 16.0 Å². The zero-order valence-corrected chi connectivity index (χ0v) is 19.0. The molecule has 0 fully saturated rings. The summed E-state index contributed by atoms with van der Waals surface area (Å²) in [6.45, 7) is 4.20. The lowest BCUT2D eigenvalue weighted by atomic mass is 10.1. The van der Waals surface area contributed by atoms with Crippen molar-refractivity contribution < 1.29 is 13.9 Å². The lowest BCUT2D eigenvalue weighted by Crippen LogP contribution is -2.41. The van der Waals surface area contributed by atoms with E-state index in [-0.39, 0.29) is 42.1 Å². The minimum Gasteiger partial charge on any atom is -0.496 e. The van der Waals surface area contributed by atoms with E-state index in [4.69, 9.17) is 4.74 Å². The van der Waals surface area contributed by atoms with Gasteiger partial charge in [0.2, 0.25) is 5.91 Å². The van der Waals surface area contributed by atoms with Crippen LogP contribution in [0, 0.1) is 5.82 Å². The normalized spacial score (nSPS) is 10.7. The molecule has 0 aromatic heterocycles. The fourth-order valence-corrected chi connectivity index (χ4v) is 2.57. The highest BCUT2D eigenvalue weighted by molar-refractivity contribution is 14.0. The third kappa shape index (κ3) is 9.12. The minimum atomic E-state index is -0.309. The summed E-state index contributed by atoms with van der Waals surface area (Å²) >= 11 is 0. The van der Waals surface area contributed by atoms with Crippen molar-refractivity contribution in [3.63, 3.8) is 0 Å². The van der Waals surface area contributed by atoms with Crippen LogP contribution in [0.4, 0.5) is 4.39 Å². The van der Waals surface area contributed by atoms with Crippen LogP contribution >= 0.6 is 24.0 Å². The SMILES string of the molecule is CCNC(=NCc1ccccc1OC)NCCNC(=O)Cc1ccc(F)cc1.I. The van der Waals surface area contributed by atoms with Crippen molar-refractivity contribution in [1.29, 1.82) is 0 Å². The van der Waals surface area contributed by atoms with E-state index in [0.29, 0.717) is 25.6 Å². The van der Waals surface area contributed by atoms with Crippen LogP contribution in [0.25, 0.3) is 0 Å². The van der Waals surface area contributed by atoms with Gasteiger partial charge in [-0.1, -0.05) is 30.3 Å². The molecule has 0 heterocycles. The third-order valence-corrected chi connectivity index (χ3v) is 3.96. The molecule has 0 aliphatic heterocycles. The number of benzene rings is 2. The lowest BCUT2D eigenvalue weighted by molar-refractivity contribution is -0.120. The Labute approximate surface area is 188 Å². The second kappa shape index (κ2) is 13.8. The summed E-state index contributed by atoms with van der Waals surface area (Å²) < 4.78 is 18.2. The van der Waals surface area contributed by atoms with Crippen LogP contribution in [-0.4, -0.2) is 38.6 Å². The number of ether oxygens (including phenoxy) is 1. The van der Waals surface area contributed by atoms with Crippen LogP contribution in [0.15, 0.2) is 53.5 Å². The second-order valence-electron chi connectivity index (χ2n) is 6.09. The van der Waals surface area contributed by atoms with E-state index >= 15 is 0 Å². The highest BCUT2D eigenvalue weighted by Crippen LogP contribution is 2.17. The largest absolute Gasteiger partial charge is 0.496 e. The first-order valence-electron chi connectivity index (χ1n) is 9.27. The maximum absolute atomic E-state index is 12.9. The van der Waals surface area contributed by atoms with E-state index < -0.39 is 0 Å². The van der Waals surface area contributed by atoms with Crippen LogP contribution in [0.1, 0.15) is 18.1 Å². The average molecular weight is 514 g/mol. The molecular formula is C21H28FIN4O2. The summed E-state index contributed by atoms with van der Waals surface area (Å²) in [5.74, 6) is 1.05. The van der Waals surface area contributed by atoms with Gasteiger partial charge < -0.3 is 20.7 Å². The van der Waals surface area contributed by atoms with Gasteiger partial charge in [-0.15, -0.1) is 24.0 Å². The number of rotatable bonds is 9. The van der Waals surface area contributed by atoms with Gasteiger partial charge in [0.1, 0.15) is 11.6 Å². The highest BCUT2D eigenvalue weighted by atomic mass is 127.